The predicted molar refractivity (Wildman–Crippen MR) is 140 cm³/mol. The van der Waals surface area contributed by atoms with Crippen molar-refractivity contribution in [2.75, 3.05) is 27.7 Å². The van der Waals surface area contributed by atoms with Crippen LogP contribution in [-0.2, 0) is 5.60 Å². The van der Waals surface area contributed by atoms with E-state index in [0.717, 1.165) is 32.1 Å². The Balaban J connectivity index is 2.00. The second kappa shape index (κ2) is 9.84. The number of rotatable bonds is 8. The molecular formula is C28H29BrN2O3. The molecule has 1 aromatic heterocycles. The van der Waals surface area contributed by atoms with Crippen LogP contribution in [0.4, 0.5) is 0 Å². The van der Waals surface area contributed by atoms with Gasteiger partial charge in [0, 0.05) is 27.8 Å². The van der Waals surface area contributed by atoms with Gasteiger partial charge in [-0.1, -0.05) is 76.6 Å². The number of hydrogen-bond acceptors (Lipinski definition) is 4. The second-order valence-corrected chi connectivity index (χ2v) is 10.0. The van der Waals surface area contributed by atoms with Crippen LogP contribution in [0.25, 0.3) is 10.9 Å². The first-order valence-electron chi connectivity index (χ1n) is 11.2. The molecule has 3 aromatic carbocycles. The number of aromatic nitrogens is 1. The summed E-state index contributed by atoms with van der Waals surface area (Å²) < 4.78 is 6.20. The van der Waals surface area contributed by atoms with E-state index in [1.54, 1.807) is 21.2 Å². The summed E-state index contributed by atoms with van der Waals surface area (Å²) in [4.78, 5) is 4.78. The van der Waals surface area contributed by atoms with E-state index >= 15 is 0 Å². The van der Waals surface area contributed by atoms with E-state index in [1.165, 1.54) is 0 Å². The molecule has 1 N–H and O–H groups in total. The monoisotopic (exact) mass is 520 g/mol. The Labute approximate surface area is 208 Å². The van der Waals surface area contributed by atoms with Crippen LogP contribution in [-0.4, -0.2) is 42.5 Å². The van der Waals surface area contributed by atoms with Gasteiger partial charge in [0.25, 0.3) is 0 Å². The fourth-order valence-corrected chi connectivity index (χ4v) is 4.87. The first-order valence-corrected chi connectivity index (χ1v) is 12.0. The number of halogens is 1. The summed E-state index contributed by atoms with van der Waals surface area (Å²) in [7, 11) is 4.79. The van der Waals surface area contributed by atoms with Crippen molar-refractivity contribution >= 4 is 26.8 Å². The zero-order chi connectivity index (χ0) is 24.3. The van der Waals surface area contributed by atoms with E-state index in [9.17, 15) is 10.3 Å². The Morgan fingerprint density at radius 2 is 1.65 bits per heavy atom. The van der Waals surface area contributed by atoms with Crippen molar-refractivity contribution in [3.63, 3.8) is 0 Å². The molecule has 0 aliphatic carbocycles. The van der Waals surface area contributed by atoms with Gasteiger partial charge >= 0.3 is 0 Å². The third kappa shape index (κ3) is 5.15. The molecule has 1 heterocycles. The Morgan fingerprint density at radius 1 is 1.00 bits per heavy atom. The summed E-state index contributed by atoms with van der Waals surface area (Å²) in [5.74, 6) is -0.0672. The average Bonchev–Trinajstić information content (AvgIpc) is 2.83. The highest BCUT2D eigenvalue weighted by Gasteiger charge is 2.43. The summed E-state index contributed by atoms with van der Waals surface area (Å²) in [6.07, 6.45) is 0.257. The second-order valence-electron chi connectivity index (χ2n) is 9.11. The summed E-state index contributed by atoms with van der Waals surface area (Å²) in [5.41, 5.74) is 1.85. The molecule has 0 aliphatic rings. The van der Waals surface area contributed by atoms with Gasteiger partial charge in [-0.15, -0.1) is 0 Å². The van der Waals surface area contributed by atoms with Crippen LogP contribution < -0.4 is 4.74 Å². The number of fused-ring (bicyclic) bond motifs is 1. The van der Waals surface area contributed by atoms with Gasteiger partial charge in [-0.3, -0.25) is 0 Å². The van der Waals surface area contributed by atoms with Crippen LogP contribution in [0, 0.1) is 5.21 Å². The van der Waals surface area contributed by atoms with Crippen molar-refractivity contribution in [2.24, 2.45) is 0 Å². The van der Waals surface area contributed by atoms with Crippen LogP contribution in [0.3, 0.4) is 0 Å². The highest BCUT2D eigenvalue weighted by molar-refractivity contribution is 9.10. The smallest absolute Gasteiger partial charge is 0.217 e. The van der Waals surface area contributed by atoms with Gasteiger partial charge in [0.05, 0.1) is 33.3 Å². The molecule has 0 aliphatic heterocycles. The number of hydroxylamine groups is 3. The maximum absolute atomic E-state index is 12.6. The van der Waals surface area contributed by atoms with Crippen molar-refractivity contribution in [3.05, 3.63) is 111 Å². The topological polar surface area (TPSA) is 65.4 Å². The minimum atomic E-state index is -1.38. The molecule has 0 fully saturated rings. The Morgan fingerprint density at radius 3 is 2.26 bits per heavy atom. The van der Waals surface area contributed by atoms with Gasteiger partial charge in [-0.2, -0.15) is 0 Å². The lowest BCUT2D eigenvalue weighted by molar-refractivity contribution is -0.841. The van der Waals surface area contributed by atoms with E-state index in [0.29, 0.717) is 5.88 Å². The SMILES string of the molecule is COc1nc2ccc(Br)cc2cc1C(c1ccccc1)C(O)(CC[N+](C)(C)[O-])c1ccccc1. The zero-order valence-electron chi connectivity index (χ0n) is 19.6. The first-order chi connectivity index (χ1) is 16.2. The Hall–Kier alpha value is -2.77. The van der Waals surface area contributed by atoms with Gasteiger partial charge in [0.2, 0.25) is 5.88 Å². The lowest BCUT2D eigenvalue weighted by atomic mass is 9.71. The fraction of sp³-hybridized carbons (Fsp3) is 0.250. The van der Waals surface area contributed by atoms with Crippen molar-refractivity contribution < 1.29 is 14.5 Å². The standard InChI is InChI=1S/C28H29BrN2O3/c1-31(2,33)17-16-28(32,22-12-8-5-9-13-22)26(20-10-6-4-7-11-20)24-19-21-18-23(29)14-15-25(21)30-27(24)34-3/h4-15,18-19,26,32H,16-17H2,1-3H3. The van der Waals surface area contributed by atoms with Gasteiger partial charge in [0.1, 0.15) is 5.60 Å². The number of hydrogen-bond donors (Lipinski definition) is 1. The first kappa shape index (κ1) is 24.4. The molecular weight excluding hydrogens is 492 g/mol. The summed E-state index contributed by atoms with van der Waals surface area (Å²) in [6, 6.07) is 27.4. The molecule has 0 bridgehead atoms. The number of ether oxygens (including phenoxy) is 1. The van der Waals surface area contributed by atoms with Crippen molar-refractivity contribution in [1.82, 2.24) is 4.98 Å². The number of pyridine rings is 1. The summed E-state index contributed by atoms with van der Waals surface area (Å²) in [5, 5.41) is 26.0. The molecule has 6 heteroatoms. The van der Waals surface area contributed by atoms with Gasteiger partial charge in [-0.05, 0) is 35.4 Å². The van der Waals surface area contributed by atoms with Crippen LogP contribution in [0.2, 0.25) is 0 Å². The van der Waals surface area contributed by atoms with E-state index < -0.39 is 16.2 Å². The Kier molecular flexibility index (Phi) is 7.05. The van der Waals surface area contributed by atoms with Crippen molar-refractivity contribution in [3.8, 4) is 5.88 Å². The minimum absolute atomic E-state index is 0.240. The number of nitrogens with zero attached hydrogens (tertiary/aromatic N) is 2. The highest BCUT2D eigenvalue weighted by atomic mass is 79.9. The molecule has 0 saturated heterocycles. The molecule has 34 heavy (non-hydrogen) atoms. The average molecular weight is 521 g/mol. The highest BCUT2D eigenvalue weighted by Crippen LogP contribution is 2.47. The molecule has 4 rings (SSSR count). The van der Waals surface area contributed by atoms with E-state index in [4.69, 9.17) is 9.72 Å². The molecule has 0 spiro atoms. The number of methoxy groups -OCH3 is 1. The molecule has 0 amide bonds. The molecule has 2 atom stereocenters. The van der Waals surface area contributed by atoms with Gasteiger partial charge in [-0.25, -0.2) is 4.98 Å². The van der Waals surface area contributed by atoms with Crippen LogP contribution in [0.1, 0.15) is 29.0 Å². The van der Waals surface area contributed by atoms with Crippen LogP contribution in [0.15, 0.2) is 89.4 Å². The largest absolute Gasteiger partial charge is 0.633 e. The number of quaternary nitrogens is 1. The van der Waals surface area contributed by atoms with E-state index in [-0.39, 0.29) is 13.0 Å². The molecule has 0 saturated carbocycles. The number of benzene rings is 3. The quantitative estimate of drug-likeness (QED) is 0.229. The normalized spacial score (nSPS) is 14.5. The molecule has 4 aromatic rings. The maximum Gasteiger partial charge on any atom is 0.217 e. The predicted octanol–water partition coefficient (Wildman–Crippen LogP) is 5.99. The molecule has 2 unspecified atom stereocenters. The van der Waals surface area contributed by atoms with Gasteiger partial charge < -0.3 is 19.7 Å². The fourth-order valence-electron chi connectivity index (χ4n) is 4.50. The van der Waals surface area contributed by atoms with Crippen molar-refractivity contribution in [2.45, 2.75) is 17.9 Å². The number of aliphatic hydroxyl groups is 1. The van der Waals surface area contributed by atoms with Crippen LogP contribution >= 0.6 is 15.9 Å². The zero-order valence-corrected chi connectivity index (χ0v) is 21.2. The van der Waals surface area contributed by atoms with Crippen LogP contribution in [0.5, 0.6) is 5.88 Å². The van der Waals surface area contributed by atoms with Crippen molar-refractivity contribution in [1.29, 1.82) is 0 Å². The lowest BCUT2D eigenvalue weighted by Crippen LogP contribution is -2.42. The lowest BCUT2D eigenvalue weighted by Gasteiger charge is -2.42. The van der Waals surface area contributed by atoms with E-state index in [2.05, 4.69) is 15.9 Å². The summed E-state index contributed by atoms with van der Waals surface area (Å²) in [6.45, 7) is 0.240. The Bertz CT molecular complexity index is 1260. The molecule has 0 radical (unpaired) electrons. The third-order valence-electron chi connectivity index (χ3n) is 6.19. The summed E-state index contributed by atoms with van der Waals surface area (Å²) >= 11 is 3.55. The van der Waals surface area contributed by atoms with E-state index in [1.807, 2.05) is 84.9 Å². The van der Waals surface area contributed by atoms with Gasteiger partial charge in [0.15, 0.2) is 0 Å². The molecule has 5 nitrogen and oxygen atoms in total. The molecule has 176 valence electrons. The third-order valence-corrected chi connectivity index (χ3v) is 6.68. The maximum atomic E-state index is 12.6. The minimum Gasteiger partial charge on any atom is -0.633 e.